The first-order chi connectivity index (χ1) is 8.54. The van der Waals surface area contributed by atoms with E-state index in [0.717, 1.165) is 24.3 Å². The van der Waals surface area contributed by atoms with Gasteiger partial charge in [-0.2, -0.15) is 0 Å². The number of carbonyl (C=O) groups is 1. The lowest BCUT2D eigenvalue weighted by molar-refractivity contribution is -0.130. The molecule has 3 heteroatoms. The maximum atomic E-state index is 11.8. The highest BCUT2D eigenvalue weighted by Crippen LogP contribution is 2.18. The molecule has 1 aromatic rings. The van der Waals surface area contributed by atoms with Crippen LogP contribution < -0.4 is 4.74 Å². The summed E-state index contributed by atoms with van der Waals surface area (Å²) in [6.07, 6.45) is 1.44. The third kappa shape index (κ3) is 4.40. The van der Waals surface area contributed by atoms with Crippen LogP contribution in [0.2, 0.25) is 0 Å². The monoisotopic (exact) mass is 249 g/mol. The van der Waals surface area contributed by atoms with Gasteiger partial charge in [-0.1, -0.05) is 32.0 Å². The summed E-state index contributed by atoms with van der Waals surface area (Å²) in [4.78, 5) is 13.6. The molecule has 0 bridgehead atoms. The van der Waals surface area contributed by atoms with E-state index in [1.807, 2.05) is 31.3 Å². The van der Waals surface area contributed by atoms with Crippen molar-refractivity contribution in [2.75, 3.05) is 20.7 Å². The Morgan fingerprint density at radius 1 is 1.33 bits per heavy atom. The quantitative estimate of drug-likeness (QED) is 0.776. The van der Waals surface area contributed by atoms with Crippen LogP contribution in [0.1, 0.15) is 25.8 Å². The molecule has 0 aliphatic heterocycles. The van der Waals surface area contributed by atoms with Crippen LogP contribution in [0.4, 0.5) is 0 Å². The van der Waals surface area contributed by atoms with Crippen molar-refractivity contribution < 1.29 is 9.53 Å². The molecule has 1 amide bonds. The zero-order valence-corrected chi connectivity index (χ0v) is 11.8. The predicted molar refractivity (Wildman–Crippen MR) is 73.8 cm³/mol. The molecule has 0 heterocycles. The molecule has 0 fully saturated rings. The van der Waals surface area contributed by atoms with Gasteiger partial charge in [0, 0.05) is 20.0 Å². The normalized spacial score (nSPS) is 10.5. The van der Waals surface area contributed by atoms with Crippen LogP contribution in [-0.2, 0) is 11.2 Å². The third-order valence-corrected chi connectivity index (χ3v) is 2.92. The molecule has 0 N–H and O–H groups in total. The molecule has 0 saturated carbocycles. The molecule has 0 aliphatic rings. The smallest absolute Gasteiger partial charge is 0.222 e. The Bertz CT molecular complexity index is 388. The third-order valence-electron chi connectivity index (χ3n) is 2.92. The average Bonchev–Trinajstić information content (AvgIpc) is 2.35. The summed E-state index contributed by atoms with van der Waals surface area (Å²) in [6, 6.07) is 7.94. The molecular weight excluding hydrogens is 226 g/mol. The van der Waals surface area contributed by atoms with Gasteiger partial charge in [-0.15, -0.1) is 0 Å². The van der Waals surface area contributed by atoms with Crippen molar-refractivity contribution in [2.24, 2.45) is 5.92 Å². The number of para-hydroxylation sites is 1. The summed E-state index contributed by atoms with van der Waals surface area (Å²) in [5.74, 6) is 1.51. The van der Waals surface area contributed by atoms with Crippen LogP contribution in [0.5, 0.6) is 5.75 Å². The number of hydrogen-bond acceptors (Lipinski definition) is 2. The van der Waals surface area contributed by atoms with E-state index in [-0.39, 0.29) is 5.91 Å². The summed E-state index contributed by atoms with van der Waals surface area (Å²) in [6.45, 7) is 4.85. The van der Waals surface area contributed by atoms with Crippen LogP contribution in [-0.4, -0.2) is 31.5 Å². The molecule has 100 valence electrons. The molecule has 18 heavy (non-hydrogen) atoms. The first-order valence-electron chi connectivity index (χ1n) is 6.40. The average molecular weight is 249 g/mol. The number of methoxy groups -OCH3 is 1. The zero-order chi connectivity index (χ0) is 13.5. The second-order valence-electron chi connectivity index (χ2n) is 4.98. The Labute approximate surface area is 110 Å². The van der Waals surface area contributed by atoms with Crippen LogP contribution in [0, 0.1) is 5.92 Å². The maximum Gasteiger partial charge on any atom is 0.222 e. The van der Waals surface area contributed by atoms with Crippen LogP contribution in [0.3, 0.4) is 0 Å². The van der Waals surface area contributed by atoms with Crippen molar-refractivity contribution in [3.05, 3.63) is 29.8 Å². The Morgan fingerprint density at radius 3 is 2.61 bits per heavy atom. The van der Waals surface area contributed by atoms with E-state index in [0.29, 0.717) is 12.3 Å². The van der Waals surface area contributed by atoms with Gasteiger partial charge in [-0.25, -0.2) is 0 Å². The number of rotatable bonds is 6. The predicted octanol–water partition coefficient (Wildman–Crippen LogP) is 2.74. The van der Waals surface area contributed by atoms with Crippen molar-refractivity contribution in [2.45, 2.75) is 26.7 Å². The van der Waals surface area contributed by atoms with Crippen LogP contribution in [0.25, 0.3) is 0 Å². The molecule has 0 spiro atoms. The highest BCUT2D eigenvalue weighted by molar-refractivity contribution is 5.76. The van der Waals surface area contributed by atoms with E-state index < -0.39 is 0 Å². The van der Waals surface area contributed by atoms with E-state index in [2.05, 4.69) is 13.8 Å². The van der Waals surface area contributed by atoms with Gasteiger partial charge in [0.2, 0.25) is 5.91 Å². The van der Waals surface area contributed by atoms with Crippen LogP contribution >= 0.6 is 0 Å². The Kier molecular flexibility index (Phi) is 5.69. The number of amides is 1. The lowest BCUT2D eigenvalue weighted by atomic mass is 10.1. The minimum Gasteiger partial charge on any atom is -0.496 e. The first kappa shape index (κ1) is 14.6. The van der Waals surface area contributed by atoms with Gasteiger partial charge in [-0.05, 0) is 24.0 Å². The topological polar surface area (TPSA) is 29.5 Å². The van der Waals surface area contributed by atoms with Crippen molar-refractivity contribution in [1.29, 1.82) is 0 Å². The Morgan fingerprint density at radius 2 is 2.00 bits per heavy atom. The van der Waals surface area contributed by atoms with E-state index in [4.69, 9.17) is 4.74 Å². The SMILES string of the molecule is COc1ccccc1CCN(C)C(=O)CC(C)C. The lowest BCUT2D eigenvalue weighted by Gasteiger charge is -2.19. The van der Waals surface area contributed by atoms with Crippen LogP contribution in [0.15, 0.2) is 24.3 Å². The van der Waals surface area contributed by atoms with E-state index in [1.165, 1.54) is 0 Å². The van der Waals surface area contributed by atoms with E-state index >= 15 is 0 Å². The molecule has 0 saturated heterocycles. The zero-order valence-electron chi connectivity index (χ0n) is 11.8. The van der Waals surface area contributed by atoms with Gasteiger partial charge < -0.3 is 9.64 Å². The number of hydrogen-bond donors (Lipinski definition) is 0. The molecule has 1 aromatic carbocycles. The van der Waals surface area contributed by atoms with Gasteiger partial charge in [0.25, 0.3) is 0 Å². The number of ether oxygens (including phenoxy) is 1. The number of likely N-dealkylation sites (N-methyl/N-ethyl adjacent to an activating group) is 1. The summed E-state index contributed by atoms with van der Waals surface area (Å²) in [5.41, 5.74) is 1.14. The maximum absolute atomic E-state index is 11.8. The number of benzene rings is 1. The van der Waals surface area contributed by atoms with Crippen molar-refractivity contribution in [3.63, 3.8) is 0 Å². The van der Waals surface area contributed by atoms with Crippen molar-refractivity contribution >= 4 is 5.91 Å². The second kappa shape index (κ2) is 7.04. The second-order valence-corrected chi connectivity index (χ2v) is 4.98. The largest absolute Gasteiger partial charge is 0.496 e. The Balaban J connectivity index is 2.51. The minimum absolute atomic E-state index is 0.208. The van der Waals surface area contributed by atoms with Gasteiger partial charge in [0.15, 0.2) is 0 Å². The lowest BCUT2D eigenvalue weighted by Crippen LogP contribution is -2.29. The molecular formula is C15H23NO2. The summed E-state index contributed by atoms with van der Waals surface area (Å²) in [7, 11) is 3.53. The standard InChI is InChI=1S/C15H23NO2/c1-12(2)11-15(17)16(3)10-9-13-7-5-6-8-14(13)18-4/h5-8,12H,9-11H2,1-4H3. The molecule has 0 unspecified atom stereocenters. The summed E-state index contributed by atoms with van der Waals surface area (Å²) < 4.78 is 5.30. The van der Waals surface area contributed by atoms with Gasteiger partial charge in [0.1, 0.15) is 5.75 Å². The fourth-order valence-corrected chi connectivity index (χ4v) is 1.83. The highest BCUT2D eigenvalue weighted by atomic mass is 16.5. The van der Waals surface area contributed by atoms with Crippen molar-refractivity contribution in [3.8, 4) is 5.75 Å². The summed E-state index contributed by atoms with van der Waals surface area (Å²) >= 11 is 0. The first-order valence-corrected chi connectivity index (χ1v) is 6.40. The Hall–Kier alpha value is -1.51. The highest BCUT2D eigenvalue weighted by Gasteiger charge is 2.11. The van der Waals surface area contributed by atoms with Gasteiger partial charge >= 0.3 is 0 Å². The molecule has 0 radical (unpaired) electrons. The fourth-order valence-electron chi connectivity index (χ4n) is 1.83. The van der Waals surface area contributed by atoms with E-state index in [1.54, 1.807) is 12.0 Å². The minimum atomic E-state index is 0.208. The molecule has 0 aromatic heterocycles. The fraction of sp³-hybridized carbons (Fsp3) is 0.533. The molecule has 0 atom stereocenters. The number of nitrogens with zero attached hydrogens (tertiary/aromatic N) is 1. The number of carbonyl (C=O) groups excluding carboxylic acids is 1. The molecule has 1 rings (SSSR count). The van der Waals surface area contributed by atoms with Gasteiger partial charge in [-0.3, -0.25) is 4.79 Å². The van der Waals surface area contributed by atoms with E-state index in [9.17, 15) is 4.79 Å². The molecule has 0 aliphatic carbocycles. The van der Waals surface area contributed by atoms with Crippen molar-refractivity contribution in [1.82, 2.24) is 4.90 Å². The summed E-state index contributed by atoms with van der Waals surface area (Å²) in [5, 5.41) is 0. The van der Waals surface area contributed by atoms with Gasteiger partial charge in [0.05, 0.1) is 7.11 Å². The molecule has 3 nitrogen and oxygen atoms in total.